The van der Waals surface area contributed by atoms with E-state index in [1.54, 1.807) is 6.08 Å². The fourth-order valence-corrected chi connectivity index (χ4v) is 10.3. The van der Waals surface area contributed by atoms with Gasteiger partial charge in [-0.05, 0) is 116 Å². The molecule has 0 aromatic heterocycles. The molecule has 1 aliphatic rings. The second kappa shape index (κ2) is 63.0. The minimum atomic E-state index is -1.63. The zero-order valence-electron chi connectivity index (χ0n) is 55.8. The van der Waals surface area contributed by atoms with E-state index in [9.17, 15) is 35.1 Å². The predicted octanol–water partition coefficient (Wildman–Crippen LogP) is 18.3. The minimum Gasteiger partial charge on any atom is -0.454 e. The van der Waals surface area contributed by atoms with Crippen LogP contribution in [0.3, 0.4) is 0 Å². The zero-order valence-corrected chi connectivity index (χ0v) is 55.8. The second-order valence-electron chi connectivity index (χ2n) is 23.9. The van der Waals surface area contributed by atoms with Gasteiger partial charge in [0.25, 0.3) is 0 Å². The van der Waals surface area contributed by atoms with E-state index in [1.165, 1.54) is 83.5 Å². The molecule has 11 nitrogen and oxygen atoms in total. The van der Waals surface area contributed by atoms with Gasteiger partial charge < -0.3 is 45.1 Å². The van der Waals surface area contributed by atoms with Crippen molar-refractivity contribution in [3.05, 3.63) is 134 Å². The van der Waals surface area contributed by atoms with Gasteiger partial charge in [0.05, 0.1) is 25.4 Å². The molecule has 1 heterocycles. The highest BCUT2D eigenvalue weighted by molar-refractivity contribution is 5.80. The molecule has 1 fully saturated rings. The van der Waals surface area contributed by atoms with E-state index in [1.807, 2.05) is 6.08 Å². The minimum absolute atomic E-state index is 0.0945. The molecule has 0 aromatic rings. The largest absolute Gasteiger partial charge is 0.454 e. The van der Waals surface area contributed by atoms with E-state index < -0.39 is 67.4 Å². The van der Waals surface area contributed by atoms with E-state index in [0.29, 0.717) is 12.8 Å². The van der Waals surface area contributed by atoms with Gasteiger partial charge in [0, 0.05) is 6.42 Å². The standard InChI is InChI=1S/C77H129NO10/c1-4-7-10-13-16-19-22-25-27-29-31-33-34-35-36-37-39-40-42-44-46-49-52-55-58-61-64-70(81)76(85)78-68(69(80)63-60-57-54-51-48-24-21-18-15-12-9-6-3)67-86-77-75(74(84)73(83)71(66-79)87-77)88-72(82)65-62-59-56-53-50-47-45-43-41-38-32-30-28-26-23-20-17-14-11-8-5-2/h7-8,10-11,16-17,19-20,25-28,31-33,35-36,38,43,45,60,63,68-71,73-75,77,79-81,83-84H,4-6,9,12-15,18,21-24,29-30,34,37,39-42,44,46-59,61-62,64-67H2,1-3H3,(H,78,85)/b10-7-,11-8-,19-16-,20-17-,27-25-,28-26-,33-31-,36-35-,38-32-,45-43-,63-60+. The van der Waals surface area contributed by atoms with E-state index in [2.05, 4.69) is 148 Å². The Bertz CT molecular complexity index is 1950. The van der Waals surface area contributed by atoms with Crippen molar-refractivity contribution in [3.63, 3.8) is 0 Å². The van der Waals surface area contributed by atoms with Crippen LogP contribution in [0, 0.1) is 0 Å². The number of nitrogens with one attached hydrogen (secondary N) is 1. The maximum absolute atomic E-state index is 13.5. The molecule has 6 N–H and O–H groups in total. The van der Waals surface area contributed by atoms with Crippen LogP contribution in [-0.4, -0.2) is 99.6 Å². The number of rotatable bonds is 59. The van der Waals surface area contributed by atoms with Crippen LogP contribution >= 0.6 is 0 Å². The van der Waals surface area contributed by atoms with Crippen molar-refractivity contribution in [2.75, 3.05) is 13.2 Å². The van der Waals surface area contributed by atoms with Gasteiger partial charge >= 0.3 is 5.97 Å². The van der Waals surface area contributed by atoms with Crippen molar-refractivity contribution >= 4 is 11.9 Å². The SMILES string of the molecule is CC/C=C\C/C=C\C/C=C\C/C=C\C/C=C\CCCCCCCCCCCCC(O)C(=O)NC(COC1OC(CO)C(O)C(O)C1OC(=O)CCCCCCC/C=C\C/C=C\C/C=C\C/C=C\C/C=C\CC)C(O)/C=C/CCCCCCCCCCCC. The van der Waals surface area contributed by atoms with Crippen molar-refractivity contribution in [2.45, 2.75) is 327 Å². The first kappa shape index (κ1) is 81.8. The molecule has 0 aromatic carbocycles. The quantitative estimate of drug-likeness (QED) is 0.0195. The van der Waals surface area contributed by atoms with Gasteiger partial charge in [-0.3, -0.25) is 9.59 Å². The molecule has 0 bridgehead atoms. The Morgan fingerprint density at radius 1 is 0.455 bits per heavy atom. The maximum Gasteiger partial charge on any atom is 0.306 e. The van der Waals surface area contributed by atoms with Crippen molar-refractivity contribution in [1.29, 1.82) is 0 Å². The third kappa shape index (κ3) is 49.6. The monoisotopic (exact) mass is 1230 g/mol. The van der Waals surface area contributed by atoms with Gasteiger partial charge in [-0.25, -0.2) is 0 Å². The Kier molecular flexibility index (Phi) is 58.5. The number of carbonyl (C=O) groups excluding carboxylic acids is 2. The molecular formula is C77H129NO10. The van der Waals surface area contributed by atoms with Crippen LogP contribution in [-0.2, 0) is 23.8 Å². The van der Waals surface area contributed by atoms with Crippen molar-refractivity contribution in [2.24, 2.45) is 0 Å². The number of ether oxygens (including phenoxy) is 3. The summed E-state index contributed by atoms with van der Waals surface area (Å²) in [5.41, 5.74) is 0. The van der Waals surface area contributed by atoms with Crippen LogP contribution in [0.2, 0.25) is 0 Å². The van der Waals surface area contributed by atoms with Crippen LogP contribution in [0.25, 0.3) is 0 Å². The predicted molar refractivity (Wildman–Crippen MR) is 370 cm³/mol. The summed E-state index contributed by atoms with van der Waals surface area (Å²) in [6.45, 7) is 5.56. The third-order valence-corrected chi connectivity index (χ3v) is 15.8. The number of amides is 1. The van der Waals surface area contributed by atoms with E-state index in [0.717, 1.165) is 148 Å². The maximum atomic E-state index is 13.5. The summed E-state index contributed by atoms with van der Waals surface area (Å²) in [6.07, 6.45) is 79.1. The summed E-state index contributed by atoms with van der Waals surface area (Å²) in [7, 11) is 0. The average Bonchev–Trinajstić information content (AvgIpc) is 1.25. The number of allylic oxidation sites excluding steroid dienone is 21. The Balaban J connectivity index is 2.60. The lowest BCUT2D eigenvalue weighted by Crippen LogP contribution is -2.61. The Labute approximate surface area is 537 Å². The molecule has 0 radical (unpaired) electrons. The first-order valence-corrected chi connectivity index (χ1v) is 35.5. The molecule has 0 saturated carbocycles. The van der Waals surface area contributed by atoms with Gasteiger partial charge in [0.15, 0.2) is 12.4 Å². The molecule has 8 unspecified atom stereocenters. The zero-order chi connectivity index (χ0) is 63.9. The molecular weight excluding hydrogens is 1100 g/mol. The Morgan fingerprint density at radius 2 is 0.818 bits per heavy atom. The van der Waals surface area contributed by atoms with Gasteiger partial charge in [-0.1, -0.05) is 289 Å². The topological polar surface area (TPSA) is 175 Å². The molecule has 8 atom stereocenters. The molecule has 1 saturated heterocycles. The van der Waals surface area contributed by atoms with E-state index in [-0.39, 0.29) is 19.4 Å². The molecule has 1 aliphatic heterocycles. The number of carbonyl (C=O) groups is 2. The molecule has 1 amide bonds. The van der Waals surface area contributed by atoms with Crippen LogP contribution in [0.5, 0.6) is 0 Å². The summed E-state index contributed by atoms with van der Waals surface area (Å²) in [5, 5.41) is 57.3. The number of unbranched alkanes of at least 4 members (excludes halogenated alkanes) is 25. The van der Waals surface area contributed by atoms with Crippen molar-refractivity contribution in [1.82, 2.24) is 5.32 Å². The number of aliphatic hydroxyl groups is 5. The number of hydrogen-bond acceptors (Lipinski definition) is 10. The van der Waals surface area contributed by atoms with Crippen LogP contribution in [0.1, 0.15) is 278 Å². The lowest BCUT2D eigenvalue weighted by molar-refractivity contribution is -0.305. The average molecular weight is 1230 g/mol. The molecule has 0 spiro atoms. The second-order valence-corrected chi connectivity index (χ2v) is 23.9. The number of aliphatic hydroxyl groups excluding tert-OH is 5. The molecule has 11 heteroatoms. The highest BCUT2D eigenvalue weighted by Crippen LogP contribution is 2.26. The van der Waals surface area contributed by atoms with Gasteiger partial charge in [-0.15, -0.1) is 0 Å². The highest BCUT2D eigenvalue weighted by atomic mass is 16.7. The summed E-state index contributed by atoms with van der Waals surface area (Å²) >= 11 is 0. The van der Waals surface area contributed by atoms with Crippen LogP contribution in [0.4, 0.5) is 0 Å². The molecule has 88 heavy (non-hydrogen) atoms. The van der Waals surface area contributed by atoms with Gasteiger partial charge in [0.2, 0.25) is 5.91 Å². The van der Waals surface area contributed by atoms with E-state index in [4.69, 9.17) is 14.2 Å². The fraction of sp³-hybridized carbons (Fsp3) is 0.688. The van der Waals surface area contributed by atoms with Crippen molar-refractivity contribution in [3.8, 4) is 0 Å². The Morgan fingerprint density at radius 3 is 1.23 bits per heavy atom. The van der Waals surface area contributed by atoms with Crippen LogP contribution in [0.15, 0.2) is 134 Å². The fourth-order valence-electron chi connectivity index (χ4n) is 10.3. The lowest BCUT2D eigenvalue weighted by Gasteiger charge is -2.41. The van der Waals surface area contributed by atoms with E-state index >= 15 is 0 Å². The summed E-state index contributed by atoms with van der Waals surface area (Å²) in [5.74, 6) is -1.22. The highest BCUT2D eigenvalue weighted by Gasteiger charge is 2.47. The Hall–Kier alpha value is -4.20. The number of esters is 1. The molecule has 1 rings (SSSR count). The van der Waals surface area contributed by atoms with Crippen molar-refractivity contribution < 1.29 is 49.3 Å². The normalized spacial score (nSPS) is 19.0. The summed E-state index contributed by atoms with van der Waals surface area (Å²) in [4.78, 5) is 26.7. The third-order valence-electron chi connectivity index (χ3n) is 15.8. The first-order valence-electron chi connectivity index (χ1n) is 35.5. The van der Waals surface area contributed by atoms with Crippen LogP contribution < -0.4 is 5.32 Å². The van der Waals surface area contributed by atoms with Gasteiger partial charge in [-0.2, -0.15) is 0 Å². The van der Waals surface area contributed by atoms with Gasteiger partial charge in [0.1, 0.15) is 24.4 Å². The lowest BCUT2D eigenvalue weighted by atomic mass is 9.99. The first-order chi connectivity index (χ1) is 43.2. The smallest absolute Gasteiger partial charge is 0.306 e. The number of hydrogen-bond donors (Lipinski definition) is 6. The summed E-state index contributed by atoms with van der Waals surface area (Å²) in [6, 6.07) is -1.04. The summed E-state index contributed by atoms with van der Waals surface area (Å²) < 4.78 is 17.7. The molecule has 0 aliphatic carbocycles. The molecule has 502 valence electrons.